The van der Waals surface area contributed by atoms with Gasteiger partial charge in [-0.2, -0.15) is 0 Å². The molecule has 0 aliphatic rings. The summed E-state index contributed by atoms with van der Waals surface area (Å²) in [5.74, 6) is -2.73. The molecule has 0 atom stereocenters. The molecular weight excluding hydrogens is 376 g/mol. The number of anilines is 1. The van der Waals surface area contributed by atoms with E-state index in [1.54, 1.807) is 18.2 Å². The van der Waals surface area contributed by atoms with E-state index >= 15 is 0 Å². The molecule has 0 saturated heterocycles. The highest BCUT2D eigenvalue weighted by molar-refractivity contribution is 6.30. The van der Waals surface area contributed by atoms with E-state index < -0.39 is 23.0 Å². The van der Waals surface area contributed by atoms with Crippen molar-refractivity contribution in [2.45, 2.75) is 26.2 Å². The number of ketones is 1. The lowest BCUT2D eigenvalue weighted by Crippen LogP contribution is -2.33. The minimum absolute atomic E-state index is 0.0350. The third kappa shape index (κ3) is 5.34. The lowest BCUT2D eigenvalue weighted by Gasteiger charge is -2.23. The zero-order valence-corrected chi connectivity index (χ0v) is 15.9. The van der Waals surface area contributed by atoms with Crippen LogP contribution in [0.3, 0.4) is 0 Å². The van der Waals surface area contributed by atoms with Crippen molar-refractivity contribution in [1.82, 2.24) is 0 Å². The first kappa shape index (κ1) is 21.0. The molecule has 0 aliphatic heterocycles. The van der Waals surface area contributed by atoms with Crippen LogP contribution in [-0.4, -0.2) is 25.5 Å². The number of carbonyl (C=O) groups excluding carboxylic acids is 2. The minimum Gasteiger partial charge on any atom is -0.364 e. The number of methoxy groups -OCH3 is 1. The van der Waals surface area contributed by atoms with Gasteiger partial charge in [0.15, 0.2) is 5.78 Å². The molecule has 0 N–H and O–H groups in total. The number of rotatable bonds is 8. The molecule has 0 spiro atoms. The molecule has 2 aromatic carbocycles. The number of hydrogen-bond donors (Lipinski definition) is 0. The smallest absolute Gasteiger partial charge is 0.228 e. The zero-order chi connectivity index (χ0) is 20.0. The van der Waals surface area contributed by atoms with E-state index in [2.05, 4.69) is 0 Å². The lowest BCUT2D eigenvalue weighted by molar-refractivity contribution is -0.119. The first-order valence-corrected chi connectivity index (χ1v) is 8.75. The van der Waals surface area contributed by atoms with Crippen molar-refractivity contribution in [3.8, 4) is 0 Å². The number of benzene rings is 2. The van der Waals surface area contributed by atoms with Crippen LogP contribution in [0.4, 0.5) is 14.5 Å². The van der Waals surface area contributed by atoms with Gasteiger partial charge in [0, 0.05) is 30.7 Å². The van der Waals surface area contributed by atoms with Crippen molar-refractivity contribution in [2.24, 2.45) is 0 Å². The Morgan fingerprint density at radius 2 is 1.78 bits per heavy atom. The van der Waals surface area contributed by atoms with Crippen molar-refractivity contribution < 1.29 is 23.1 Å². The summed E-state index contributed by atoms with van der Waals surface area (Å²) in [6, 6.07) is 8.38. The van der Waals surface area contributed by atoms with E-state index in [1.165, 1.54) is 18.1 Å². The highest BCUT2D eigenvalue weighted by Crippen LogP contribution is 2.25. The summed E-state index contributed by atoms with van der Waals surface area (Å²) in [5, 5.41) is 0.554. The first-order chi connectivity index (χ1) is 12.8. The number of halogens is 3. The number of ether oxygens (including phenoxy) is 1. The average Bonchev–Trinajstić information content (AvgIpc) is 2.60. The normalized spacial score (nSPS) is 10.7. The van der Waals surface area contributed by atoms with Gasteiger partial charge in [0.25, 0.3) is 0 Å². The number of carbonyl (C=O) groups is 2. The van der Waals surface area contributed by atoms with Gasteiger partial charge in [-0.05, 0) is 49.2 Å². The van der Waals surface area contributed by atoms with Crippen LogP contribution in [0.25, 0.3) is 0 Å². The number of Topliss-reactive ketones (excluding diaryl/α,β-unsaturated/α-hetero) is 1. The molecule has 7 heteroatoms. The van der Waals surface area contributed by atoms with Gasteiger partial charge in [-0.3, -0.25) is 14.5 Å². The summed E-state index contributed by atoms with van der Waals surface area (Å²) in [7, 11) is 1.47. The van der Waals surface area contributed by atoms with Gasteiger partial charge in [-0.15, -0.1) is 0 Å². The second-order valence-electron chi connectivity index (χ2n) is 6.04. The summed E-state index contributed by atoms with van der Waals surface area (Å²) in [4.78, 5) is 26.1. The van der Waals surface area contributed by atoms with Crippen molar-refractivity contribution in [1.29, 1.82) is 0 Å². The molecule has 0 saturated carbocycles. The van der Waals surface area contributed by atoms with Crippen LogP contribution in [0.15, 0.2) is 36.4 Å². The molecule has 1 amide bonds. The van der Waals surface area contributed by atoms with Gasteiger partial charge in [-0.25, -0.2) is 8.78 Å². The van der Waals surface area contributed by atoms with Crippen LogP contribution >= 0.6 is 11.6 Å². The number of nitrogens with zero attached hydrogens (tertiary/aromatic N) is 1. The largest absolute Gasteiger partial charge is 0.364 e. The van der Waals surface area contributed by atoms with Gasteiger partial charge < -0.3 is 4.74 Å². The number of amides is 1. The summed E-state index contributed by atoms with van der Waals surface area (Å²) in [6.07, 6.45) is 0.0650. The maximum absolute atomic E-state index is 13.7. The van der Waals surface area contributed by atoms with E-state index in [9.17, 15) is 18.4 Å². The monoisotopic (exact) mass is 395 g/mol. The molecule has 0 fully saturated rings. The maximum atomic E-state index is 13.7. The van der Waals surface area contributed by atoms with Crippen molar-refractivity contribution in [3.05, 3.63) is 64.2 Å². The molecule has 4 nitrogen and oxygen atoms in total. The topological polar surface area (TPSA) is 46.6 Å². The highest BCUT2D eigenvalue weighted by Gasteiger charge is 2.20. The Balaban J connectivity index is 2.03. The Morgan fingerprint density at radius 1 is 1.11 bits per heavy atom. The van der Waals surface area contributed by atoms with Gasteiger partial charge in [0.2, 0.25) is 5.91 Å². The fourth-order valence-corrected chi connectivity index (χ4v) is 2.98. The molecule has 0 aliphatic carbocycles. The van der Waals surface area contributed by atoms with Crippen LogP contribution in [0, 0.1) is 18.6 Å². The third-order valence-electron chi connectivity index (χ3n) is 4.04. The zero-order valence-electron chi connectivity index (χ0n) is 15.1. The molecule has 2 rings (SSSR count). The van der Waals surface area contributed by atoms with Crippen LogP contribution in [0.5, 0.6) is 0 Å². The molecule has 0 bridgehead atoms. The Hall–Kier alpha value is -2.31. The SMILES string of the molecule is COCN(C(=O)CCCC(=O)c1c(F)cccc1F)c1ccc(Cl)cc1C. The minimum atomic E-state index is -0.899. The molecule has 27 heavy (non-hydrogen) atoms. The molecule has 0 radical (unpaired) electrons. The summed E-state index contributed by atoms with van der Waals surface area (Å²) in [5.41, 5.74) is 0.891. The standard InChI is InChI=1S/C20H20ClF2NO3/c1-13-11-14(21)9-10-17(13)24(12-27-2)19(26)8-4-7-18(25)20-15(22)5-3-6-16(20)23/h3,5-6,9-11H,4,7-8,12H2,1-2H3. The quantitative estimate of drug-likeness (QED) is 0.471. The Bertz CT molecular complexity index is 822. The van der Waals surface area contributed by atoms with Gasteiger partial charge in [0.05, 0.1) is 5.56 Å². The van der Waals surface area contributed by atoms with Crippen LogP contribution in [0.2, 0.25) is 5.02 Å². The molecular formula is C20H20ClF2NO3. The van der Waals surface area contributed by atoms with Crippen molar-refractivity contribution >= 4 is 29.0 Å². The number of hydrogen-bond acceptors (Lipinski definition) is 3. The molecule has 0 aromatic heterocycles. The van der Waals surface area contributed by atoms with Gasteiger partial charge in [0.1, 0.15) is 18.4 Å². The van der Waals surface area contributed by atoms with E-state index in [0.29, 0.717) is 10.7 Å². The average molecular weight is 396 g/mol. The van der Waals surface area contributed by atoms with Gasteiger partial charge in [-0.1, -0.05) is 17.7 Å². The van der Waals surface area contributed by atoms with Crippen LogP contribution < -0.4 is 4.90 Å². The molecule has 0 heterocycles. The van der Waals surface area contributed by atoms with E-state index in [-0.39, 0.29) is 31.9 Å². The maximum Gasteiger partial charge on any atom is 0.228 e. The lowest BCUT2D eigenvalue weighted by atomic mass is 10.0. The first-order valence-electron chi connectivity index (χ1n) is 8.37. The fraction of sp³-hybridized carbons (Fsp3) is 0.300. The second-order valence-corrected chi connectivity index (χ2v) is 6.48. The third-order valence-corrected chi connectivity index (χ3v) is 4.28. The van der Waals surface area contributed by atoms with Crippen LogP contribution in [-0.2, 0) is 9.53 Å². The predicted octanol–water partition coefficient (Wildman–Crippen LogP) is 4.92. The van der Waals surface area contributed by atoms with Gasteiger partial charge >= 0.3 is 0 Å². The van der Waals surface area contributed by atoms with E-state index in [4.69, 9.17) is 16.3 Å². The fourth-order valence-electron chi connectivity index (χ4n) is 2.75. The van der Waals surface area contributed by atoms with Crippen LogP contribution in [0.1, 0.15) is 35.2 Å². The Morgan fingerprint density at radius 3 is 2.37 bits per heavy atom. The van der Waals surface area contributed by atoms with E-state index in [1.807, 2.05) is 6.92 Å². The van der Waals surface area contributed by atoms with Crippen molar-refractivity contribution in [3.63, 3.8) is 0 Å². The van der Waals surface area contributed by atoms with E-state index in [0.717, 1.165) is 17.7 Å². The summed E-state index contributed by atoms with van der Waals surface area (Å²) < 4.78 is 32.4. The molecule has 144 valence electrons. The Labute approximate surface area is 161 Å². The number of aryl methyl sites for hydroxylation is 1. The highest BCUT2D eigenvalue weighted by atomic mass is 35.5. The molecule has 2 aromatic rings. The molecule has 0 unspecified atom stereocenters. The second kappa shape index (κ2) is 9.58. The summed E-state index contributed by atoms with van der Waals surface area (Å²) in [6.45, 7) is 1.86. The summed E-state index contributed by atoms with van der Waals surface area (Å²) >= 11 is 5.95. The Kier molecular flexibility index (Phi) is 7.45. The predicted molar refractivity (Wildman–Crippen MR) is 100 cm³/mol. The van der Waals surface area contributed by atoms with Crippen molar-refractivity contribution in [2.75, 3.05) is 18.7 Å².